The molecule has 1 N–H and O–H groups in total. The van der Waals surface area contributed by atoms with Gasteiger partial charge in [0, 0.05) is 43.3 Å². The SMILES string of the molecule is COC(=O)[C@H](Cc1ccccc1)NC(=O)CN1CCN(c2cccc(Cl)c2)CC1. The monoisotopic (exact) mass is 415 g/mol. The molecule has 0 unspecified atom stereocenters. The van der Waals surface area contributed by atoms with Gasteiger partial charge in [-0.25, -0.2) is 4.79 Å². The maximum atomic E-state index is 12.5. The molecule has 1 aliphatic heterocycles. The second kappa shape index (κ2) is 10.3. The lowest BCUT2D eigenvalue weighted by atomic mass is 10.1. The molecule has 1 atom stereocenters. The van der Waals surface area contributed by atoms with Crippen LogP contribution in [0.4, 0.5) is 5.69 Å². The van der Waals surface area contributed by atoms with Crippen LogP contribution in [0.25, 0.3) is 0 Å². The van der Waals surface area contributed by atoms with Crippen molar-refractivity contribution in [3.05, 3.63) is 65.2 Å². The zero-order valence-corrected chi connectivity index (χ0v) is 17.3. The van der Waals surface area contributed by atoms with Gasteiger partial charge in [0.15, 0.2) is 0 Å². The number of piperazine rings is 1. The number of halogens is 1. The molecule has 0 spiro atoms. The summed E-state index contributed by atoms with van der Waals surface area (Å²) in [5, 5.41) is 3.55. The van der Waals surface area contributed by atoms with E-state index in [0.717, 1.165) is 42.5 Å². The Morgan fingerprint density at radius 3 is 2.45 bits per heavy atom. The van der Waals surface area contributed by atoms with Crippen LogP contribution < -0.4 is 10.2 Å². The molecule has 1 saturated heterocycles. The second-order valence-electron chi connectivity index (χ2n) is 7.08. The van der Waals surface area contributed by atoms with Gasteiger partial charge in [0.25, 0.3) is 0 Å². The molecule has 29 heavy (non-hydrogen) atoms. The van der Waals surface area contributed by atoms with E-state index in [1.54, 1.807) is 0 Å². The number of nitrogens with one attached hydrogen (secondary N) is 1. The molecule has 1 fully saturated rings. The Morgan fingerprint density at radius 1 is 1.07 bits per heavy atom. The van der Waals surface area contributed by atoms with Crippen LogP contribution in [0.15, 0.2) is 54.6 Å². The van der Waals surface area contributed by atoms with E-state index >= 15 is 0 Å². The highest BCUT2D eigenvalue weighted by Crippen LogP contribution is 2.20. The minimum absolute atomic E-state index is 0.174. The summed E-state index contributed by atoms with van der Waals surface area (Å²) in [5.74, 6) is -0.611. The van der Waals surface area contributed by atoms with Gasteiger partial charge in [0.05, 0.1) is 13.7 Å². The number of ether oxygens (including phenoxy) is 1. The van der Waals surface area contributed by atoms with Crippen LogP contribution >= 0.6 is 11.6 Å². The molecule has 1 aliphatic rings. The third-order valence-corrected chi connectivity index (χ3v) is 5.25. The molecule has 3 rings (SSSR count). The Hall–Kier alpha value is -2.57. The minimum atomic E-state index is -0.692. The number of hydrogen-bond acceptors (Lipinski definition) is 5. The Bertz CT molecular complexity index is 823. The molecule has 6 nitrogen and oxygen atoms in total. The number of benzene rings is 2. The Labute approximate surface area is 176 Å². The number of carbonyl (C=O) groups is 2. The summed E-state index contributed by atoms with van der Waals surface area (Å²) < 4.78 is 4.86. The summed E-state index contributed by atoms with van der Waals surface area (Å²) >= 11 is 6.08. The highest BCUT2D eigenvalue weighted by atomic mass is 35.5. The normalized spacial score (nSPS) is 15.6. The van der Waals surface area contributed by atoms with Gasteiger partial charge in [-0.15, -0.1) is 0 Å². The van der Waals surface area contributed by atoms with E-state index < -0.39 is 12.0 Å². The van der Waals surface area contributed by atoms with E-state index in [1.165, 1.54) is 7.11 Å². The average molecular weight is 416 g/mol. The molecule has 0 saturated carbocycles. The number of rotatable bonds is 7. The smallest absolute Gasteiger partial charge is 0.328 e. The van der Waals surface area contributed by atoms with E-state index in [-0.39, 0.29) is 12.5 Å². The summed E-state index contributed by atoms with van der Waals surface area (Å²) in [7, 11) is 1.33. The lowest BCUT2D eigenvalue weighted by molar-refractivity contribution is -0.145. The number of anilines is 1. The predicted octanol–water partition coefficient (Wildman–Crippen LogP) is 2.36. The summed E-state index contributed by atoms with van der Waals surface area (Å²) in [6.07, 6.45) is 0.405. The van der Waals surface area contributed by atoms with Crippen LogP contribution in [0.2, 0.25) is 5.02 Å². The molecule has 0 radical (unpaired) electrons. The van der Waals surface area contributed by atoms with Crippen molar-refractivity contribution in [1.82, 2.24) is 10.2 Å². The highest BCUT2D eigenvalue weighted by molar-refractivity contribution is 6.30. The third kappa shape index (κ3) is 6.21. The fraction of sp³-hybridized carbons (Fsp3) is 0.364. The van der Waals surface area contributed by atoms with Crippen molar-refractivity contribution in [3.63, 3.8) is 0 Å². The molecule has 2 aromatic carbocycles. The molecule has 0 aliphatic carbocycles. The molecular weight excluding hydrogens is 390 g/mol. The first kappa shape index (κ1) is 21.1. The van der Waals surface area contributed by atoms with Crippen LogP contribution in [0.3, 0.4) is 0 Å². The molecule has 1 amide bonds. The van der Waals surface area contributed by atoms with Crippen molar-refractivity contribution < 1.29 is 14.3 Å². The summed E-state index contributed by atoms with van der Waals surface area (Å²) in [6.45, 7) is 3.42. The predicted molar refractivity (Wildman–Crippen MR) is 114 cm³/mol. The maximum absolute atomic E-state index is 12.5. The van der Waals surface area contributed by atoms with E-state index in [2.05, 4.69) is 15.1 Å². The van der Waals surface area contributed by atoms with Gasteiger partial charge >= 0.3 is 5.97 Å². The minimum Gasteiger partial charge on any atom is -0.467 e. The summed E-state index contributed by atoms with van der Waals surface area (Å²) in [5.41, 5.74) is 2.06. The van der Waals surface area contributed by atoms with E-state index in [9.17, 15) is 9.59 Å². The van der Waals surface area contributed by atoms with Crippen molar-refractivity contribution >= 4 is 29.2 Å². The molecular formula is C22H26ClN3O3. The lowest BCUT2D eigenvalue weighted by Gasteiger charge is -2.36. The first-order chi connectivity index (χ1) is 14.0. The Balaban J connectivity index is 1.51. The van der Waals surface area contributed by atoms with Crippen LogP contribution in [-0.2, 0) is 20.7 Å². The van der Waals surface area contributed by atoms with Crippen LogP contribution in [-0.4, -0.2) is 62.7 Å². The van der Waals surface area contributed by atoms with Crippen LogP contribution in [0.5, 0.6) is 0 Å². The second-order valence-corrected chi connectivity index (χ2v) is 7.51. The number of amides is 1. The van der Waals surface area contributed by atoms with E-state index in [1.807, 2.05) is 54.6 Å². The Kier molecular flexibility index (Phi) is 7.49. The van der Waals surface area contributed by atoms with E-state index in [4.69, 9.17) is 16.3 Å². The molecule has 2 aromatic rings. The number of nitrogens with zero attached hydrogens (tertiary/aromatic N) is 2. The molecule has 7 heteroatoms. The van der Waals surface area contributed by atoms with Crippen molar-refractivity contribution in [2.75, 3.05) is 44.7 Å². The van der Waals surface area contributed by atoms with Gasteiger partial charge in [-0.3, -0.25) is 9.69 Å². The van der Waals surface area contributed by atoms with E-state index in [0.29, 0.717) is 6.42 Å². The fourth-order valence-corrected chi connectivity index (χ4v) is 3.65. The van der Waals surface area contributed by atoms with Gasteiger partial charge in [0.2, 0.25) is 5.91 Å². The molecule has 0 bridgehead atoms. The summed E-state index contributed by atoms with van der Waals surface area (Å²) in [6, 6.07) is 16.7. The summed E-state index contributed by atoms with van der Waals surface area (Å²) in [4.78, 5) is 29.0. The lowest BCUT2D eigenvalue weighted by Crippen LogP contribution is -2.52. The van der Waals surface area contributed by atoms with Gasteiger partial charge in [0.1, 0.15) is 6.04 Å². The topological polar surface area (TPSA) is 61.9 Å². The third-order valence-electron chi connectivity index (χ3n) is 5.02. The Morgan fingerprint density at radius 2 is 1.79 bits per heavy atom. The number of hydrogen-bond donors (Lipinski definition) is 1. The molecule has 0 aromatic heterocycles. The van der Waals surface area contributed by atoms with Gasteiger partial charge in [-0.1, -0.05) is 48.0 Å². The first-order valence-corrected chi connectivity index (χ1v) is 10.1. The molecule has 1 heterocycles. The number of carbonyl (C=O) groups excluding carboxylic acids is 2. The molecule has 154 valence electrons. The van der Waals surface area contributed by atoms with Gasteiger partial charge in [-0.05, 0) is 23.8 Å². The quantitative estimate of drug-likeness (QED) is 0.703. The zero-order chi connectivity index (χ0) is 20.6. The van der Waals surface area contributed by atoms with Crippen LogP contribution in [0.1, 0.15) is 5.56 Å². The van der Waals surface area contributed by atoms with Gasteiger partial charge in [-0.2, -0.15) is 0 Å². The van der Waals surface area contributed by atoms with Crippen molar-refractivity contribution in [1.29, 1.82) is 0 Å². The fourth-order valence-electron chi connectivity index (χ4n) is 3.47. The average Bonchev–Trinajstić information content (AvgIpc) is 2.74. The highest BCUT2D eigenvalue weighted by Gasteiger charge is 2.24. The zero-order valence-electron chi connectivity index (χ0n) is 16.5. The van der Waals surface area contributed by atoms with Crippen LogP contribution in [0, 0.1) is 0 Å². The maximum Gasteiger partial charge on any atom is 0.328 e. The van der Waals surface area contributed by atoms with Crippen molar-refractivity contribution in [3.8, 4) is 0 Å². The first-order valence-electron chi connectivity index (χ1n) is 9.69. The largest absolute Gasteiger partial charge is 0.467 e. The van der Waals surface area contributed by atoms with Crippen molar-refractivity contribution in [2.24, 2.45) is 0 Å². The van der Waals surface area contributed by atoms with Gasteiger partial charge < -0.3 is 15.0 Å². The number of methoxy groups -OCH3 is 1. The number of esters is 1. The standard InChI is InChI=1S/C22H26ClN3O3/c1-29-22(28)20(14-17-6-3-2-4-7-17)24-21(27)16-25-10-12-26(13-11-25)19-9-5-8-18(23)15-19/h2-9,15,20H,10-14,16H2,1H3,(H,24,27)/t20-/m0/s1. The van der Waals surface area contributed by atoms with Crippen molar-refractivity contribution in [2.45, 2.75) is 12.5 Å².